The molecule has 0 spiro atoms. The lowest BCUT2D eigenvalue weighted by Crippen LogP contribution is -2.19. The quantitative estimate of drug-likeness (QED) is 0.839. The summed E-state index contributed by atoms with van der Waals surface area (Å²) in [4.78, 5) is 0. The van der Waals surface area contributed by atoms with Gasteiger partial charge in [0.05, 0.1) is 0 Å². The molecule has 2 aromatic carbocycles. The van der Waals surface area contributed by atoms with Crippen molar-refractivity contribution in [2.24, 2.45) is 0 Å². The molecule has 1 nitrogen and oxygen atoms in total. The van der Waals surface area contributed by atoms with Crippen molar-refractivity contribution < 1.29 is 4.39 Å². The van der Waals surface area contributed by atoms with Gasteiger partial charge in [0.2, 0.25) is 0 Å². The van der Waals surface area contributed by atoms with E-state index in [9.17, 15) is 4.39 Å². The van der Waals surface area contributed by atoms with E-state index in [4.69, 9.17) is 23.2 Å². The zero-order valence-electron chi connectivity index (χ0n) is 10.5. The van der Waals surface area contributed by atoms with Crippen LogP contribution in [0.15, 0.2) is 42.5 Å². The van der Waals surface area contributed by atoms with Crippen LogP contribution in [0.3, 0.4) is 0 Å². The maximum absolute atomic E-state index is 13.6. The summed E-state index contributed by atoms with van der Waals surface area (Å²) in [6.45, 7) is 2.40. The molecule has 0 aliphatic heterocycles. The summed E-state index contributed by atoms with van der Waals surface area (Å²) >= 11 is 12.2. The van der Waals surface area contributed by atoms with E-state index < -0.39 is 0 Å². The average Bonchev–Trinajstić information content (AvgIpc) is 2.38. The van der Waals surface area contributed by atoms with Gasteiger partial charge in [0.1, 0.15) is 5.82 Å². The molecule has 0 saturated heterocycles. The van der Waals surface area contributed by atoms with Crippen LogP contribution in [0.2, 0.25) is 10.0 Å². The maximum atomic E-state index is 13.6. The molecule has 100 valence electrons. The second-order valence-electron chi connectivity index (χ2n) is 4.32. The molecule has 1 N–H and O–H groups in total. The van der Waals surface area contributed by atoms with Crippen LogP contribution in [0.1, 0.15) is 24.1 Å². The normalized spacial score (nSPS) is 12.4. The highest BCUT2D eigenvalue weighted by Crippen LogP contribution is 2.25. The summed E-state index contributed by atoms with van der Waals surface area (Å²) in [6, 6.07) is 12.0. The topological polar surface area (TPSA) is 12.0 Å². The van der Waals surface area contributed by atoms with Gasteiger partial charge < -0.3 is 5.32 Å². The molecule has 0 aromatic heterocycles. The summed E-state index contributed by atoms with van der Waals surface area (Å²) in [5.41, 5.74) is 1.46. The van der Waals surface area contributed by atoms with Gasteiger partial charge in [-0.1, -0.05) is 47.5 Å². The first-order chi connectivity index (χ1) is 9.09. The molecule has 2 aromatic rings. The third kappa shape index (κ3) is 3.47. The summed E-state index contributed by atoms with van der Waals surface area (Å²) in [5.74, 6) is -0.215. The van der Waals surface area contributed by atoms with E-state index in [2.05, 4.69) is 5.32 Å². The van der Waals surface area contributed by atoms with E-state index in [1.165, 1.54) is 6.07 Å². The first-order valence-corrected chi connectivity index (χ1v) is 6.76. The molecule has 1 atom stereocenters. The lowest BCUT2D eigenvalue weighted by atomic mass is 10.1. The van der Waals surface area contributed by atoms with E-state index in [0.29, 0.717) is 22.2 Å². The Morgan fingerprint density at radius 3 is 2.32 bits per heavy atom. The molecule has 0 bridgehead atoms. The van der Waals surface area contributed by atoms with Crippen LogP contribution in [-0.2, 0) is 6.54 Å². The molecule has 4 heteroatoms. The van der Waals surface area contributed by atoms with Gasteiger partial charge in [-0.25, -0.2) is 4.39 Å². The zero-order valence-corrected chi connectivity index (χ0v) is 12.0. The largest absolute Gasteiger partial charge is 0.306 e. The fourth-order valence-electron chi connectivity index (χ4n) is 1.89. The summed E-state index contributed by atoms with van der Waals surface area (Å²) in [5, 5.41) is 4.45. The van der Waals surface area contributed by atoms with Gasteiger partial charge in [0.25, 0.3) is 0 Å². The second-order valence-corrected chi connectivity index (χ2v) is 5.14. The van der Waals surface area contributed by atoms with Gasteiger partial charge in [-0.05, 0) is 25.1 Å². The third-order valence-corrected chi connectivity index (χ3v) is 3.73. The van der Waals surface area contributed by atoms with Crippen molar-refractivity contribution in [2.75, 3.05) is 0 Å². The molecule has 0 amide bonds. The molecular weight excluding hydrogens is 284 g/mol. The number of nitrogens with one attached hydrogen (secondary N) is 1. The number of hydrogen-bond acceptors (Lipinski definition) is 1. The van der Waals surface area contributed by atoms with E-state index >= 15 is 0 Å². The van der Waals surface area contributed by atoms with Crippen LogP contribution < -0.4 is 5.32 Å². The molecule has 0 aliphatic carbocycles. The third-order valence-electron chi connectivity index (χ3n) is 3.02. The minimum Gasteiger partial charge on any atom is -0.306 e. The highest BCUT2D eigenvalue weighted by molar-refractivity contribution is 6.35. The summed E-state index contributed by atoms with van der Waals surface area (Å²) in [7, 11) is 0. The highest BCUT2D eigenvalue weighted by Gasteiger charge is 2.11. The molecule has 19 heavy (non-hydrogen) atoms. The Bertz CT molecular complexity index is 552. The lowest BCUT2D eigenvalue weighted by Gasteiger charge is -2.16. The first kappa shape index (κ1) is 14.3. The zero-order chi connectivity index (χ0) is 13.8. The summed E-state index contributed by atoms with van der Waals surface area (Å²) < 4.78 is 13.6. The number of benzene rings is 2. The second kappa shape index (κ2) is 6.38. The van der Waals surface area contributed by atoms with Crippen LogP contribution in [0.4, 0.5) is 4.39 Å². The van der Waals surface area contributed by atoms with E-state index in [-0.39, 0.29) is 11.9 Å². The molecule has 0 fully saturated rings. The smallest absolute Gasteiger partial charge is 0.127 e. The van der Waals surface area contributed by atoms with E-state index in [0.717, 1.165) is 5.56 Å². The predicted octanol–water partition coefficient (Wildman–Crippen LogP) is 4.98. The fourth-order valence-corrected chi connectivity index (χ4v) is 2.42. The molecule has 0 unspecified atom stereocenters. The van der Waals surface area contributed by atoms with Gasteiger partial charge in [-0.3, -0.25) is 0 Å². The van der Waals surface area contributed by atoms with Crippen LogP contribution >= 0.6 is 23.2 Å². The Balaban J connectivity index is 2.09. The molecular formula is C15H14Cl2FN. The van der Waals surface area contributed by atoms with Gasteiger partial charge in [0.15, 0.2) is 0 Å². The lowest BCUT2D eigenvalue weighted by molar-refractivity contribution is 0.528. The van der Waals surface area contributed by atoms with Gasteiger partial charge in [-0.15, -0.1) is 0 Å². The monoisotopic (exact) mass is 297 g/mol. The average molecular weight is 298 g/mol. The molecule has 0 radical (unpaired) electrons. The van der Waals surface area contributed by atoms with Gasteiger partial charge >= 0.3 is 0 Å². The van der Waals surface area contributed by atoms with E-state index in [1.54, 1.807) is 30.3 Å². The van der Waals surface area contributed by atoms with Crippen molar-refractivity contribution in [3.63, 3.8) is 0 Å². The molecule has 0 aliphatic rings. The van der Waals surface area contributed by atoms with Crippen LogP contribution in [0.25, 0.3) is 0 Å². The van der Waals surface area contributed by atoms with Gasteiger partial charge in [-0.2, -0.15) is 0 Å². The Hall–Kier alpha value is -1.09. The van der Waals surface area contributed by atoms with Crippen molar-refractivity contribution in [3.05, 3.63) is 69.5 Å². The van der Waals surface area contributed by atoms with Crippen molar-refractivity contribution in [1.82, 2.24) is 5.32 Å². The minimum atomic E-state index is -0.215. The Labute approximate surface area is 122 Å². The number of halogens is 3. The SMILES string of the molecule is C[C@@H](NCc1c(Cl)cccc1Cl)c1ccccc1F. The maximum Gasteiger partial charge on any atom is 0.127 e. The minimum absolute atomic E-state index is 0.117. The number of rotatable bonds is 4. The van der Waals surface area contributed by atoms with Crippen LogP contribution in [-0.4, -0.2) is 0 Å². The Kier molecular flexibility index (Phi) is 4.81. The molecule has 2 rings (SSSR count). The van der Waals surface area contributed by atoms with Crippen molar-refractivity contribution in [3.8, 4) is 0 Å². The highest BCUT2D eigenvalue weighted by atomic mass is 35.5. The van der Waals surface area contributed by atoms with Crippen LogP contribution in [0.5, 0.6) is 0 Å². The predicted molar refractivity (Wildman–Crippen MR) is 78.1 cm³/mol. The Morgan fingerprint density at radius 2 is 1.68 bits per heavy atom. The van der Waals surface area contributed by atoms with Crippen molar-refractivity contribution >= 4 is 23.2 Å². The van der Waals surface area contributed by atoms with Gasteiger partial charge in [0, 0.05) is 33.8 Å². The Morgan fingerprint density at radius 1 is 1.05 bits per heavy atom. The van der Waals surface area contributed by atoms with Crippen molar-refractivity contribution in [1.29, 1.82) is 0 Å². The summed E-state index contributed by atoms with van der Waals surface area (Å²) in [6.07, 6.45) is 0. The fraction of sp³-hybridized carbons (Fsp3) is 0.200. The van der Waals surface area contributed by atoms with Crippen molar-refractivity contribution in [2.45, 2.75) is 19.5 Å². The molecule has 0 heterocycles. The van der Waals surface area contributed by atoms with E-state index in [1.807, 2.05) is 13.0 Å². The first-order valence-electron chi connectivity index (χ1n) is 6.00. The molecule has 0 saturated carbocycles. The van der Waals surface area contributed by atoms with Crippen LogP contribution in [0, 0.1) is 5.82 Å². The number of hydrogen-bond donors (Lipinski definition) is 1. The standard InChI is InChI=1S/C15H14Cl2FN/c1-10(11-5-2-3-8-15(11)18)19-9-12-13(16)6-4-7-14(12)17/h2-8,10,19H,9H2,1H3/t10-/m1/s1.